The van der Waals surface area contributed by atoms with Crippen LogP contribution in [-0.2, 0) is 27.4 Å². The van der Waals surface area contributed by atoms with Gasteiger partial charge in [0.25, 0.3) is 0 Å². The summed E-state index contributed by atoms with van der Waals surface area (Å²) in [6.45, 7) is 4.52. The molecule has 1 N–H and O–H groups in total. The molecule has 1 aromatic heterocycles. The number of hydrogen-bond donors (Lipinski definition) is 1. The molecule has 0 spiro atoms. The molecule has 0 fully saturated rings. The highest BCUT2D eigenvalue weighted by Gasteiger charge is 2.23. The Morgan fingerprint density at radius 3 is 2.53 bits per heavy atom. The second-order valence-corrected chi connectivity index (χ2v) is 8.96. The first-order valence-corrected chi connectivity index (χ1v) is 11.6. The number of benzene rings is 2. The number of nitrogens with zero attached hydrogens (tertiary/aromatic N) is 2. The summed E-state index contributed by atoms with van der Waals surface area (Å²) in [7, 11) is 1.27. The van der Waals surface area contributed by atoms with Crippen LogP contribution in [0.1, 0.15) is 47.1 Å². The van der Waals surface area contributed by atoms with Crippen LogP contribution in [0.15, 0.2) is 42.6 Å². The SMILES string of the molecule is COC(=O)c1ccc2c(c1)c(C(C)=O)cn2CC(=O)N(CC(=O)NCc1cccc(Cl)c1F)C(C)C. The number of ketones is 1. The van der Waals surface area contributed by atoms with Gasteiger partial charge in [-0.1, -0.05) is 23.7 Å². The molecule has 0 atom stereocenters. The van der Waals surface area contributed by atoms with Crippen LogP contribution < -0.4 is 5.32 Å². The van der Waals surface area contributed by atoms with Crippen LogP contribution in [0.3, 0.4) is 0 Å². The molecule has 0 radical (unpaired) electrons. The monoisotopic (exact) mass is 515 g/mol. The predicted molar refractivity (Wildman–Crippen MR) is 133 cm³/mol. The Hall–Kier alpha value is -3.72. The fourth-order valence-corrected chi connectivity index (χ4v) is 4.03. The fourth-order valence-electron chi connectivity index (χ4n) is 3.84. The summed E-state index contributed by atoms with van der Waals surface area (Å²) in [5.74, 6) is -2.17. The highest BCUT2D eigenvalue weighted by molar-refractivity contribution is 6.30. The van der Waals surface area contributed by atoms with E-state index in [1.165, 1.54) is 31.1 Å². The standard InChI is InChI=1S/C26H27ClFN3O5/c1-15(2)31(13-23(33)29-11-18-6-5-7-21(27)25(18)28)24(34)14-30-12-20(16(3)32)19-10-17(26(35)36-4)8-9-22(19)30/h5-10,12,15H,11,13-14H2,1-4H3,(H,29,33). The number of fused-ring (bicyclic) bond motifs is 1. The van der Waals surface area contributed by atoms with E-state index in [1.807, 2.05) is 0 Å². The van der Waals surface area contributed by atoms with Crippen LogP contribution >= 0.6 is 11.6 Å². The van der Waals surface area contributed by atoms with Crippen molar-refractivity contribution in [3.63, 3.8) is 0 Å². The summed E-state index contributed by atoms with van der Waals surface area (Å²) in [5, 5.41) is 3.10. The molecule has 2 aromatic carbocycles. The van der Waals surface area contributed by atoms with Gasteiger partial charge in [-0.3, -0.25) is 14.4 Å². The average Bonchev–Trinajstić information content (AvgIpc) is 3.20. The molecule has 0 aliphatic carbocycles. The van der Waals surface area contributed by atoms with Crippen LogP contribution in [0.5, 0.6) is 0 Å². The number of hydrogen-bond acceptors (Lipinski definition) is 5. The predicted octanol–water partition coefficient (Wildman–Crippen LogP) is 3.98. The number of ether oxygens (including phenoxy) is 1. The highest BCUT2D eigenvalue weighted by Crippen LogP contribution is 2.24. The van der Waals surface area contributed by atoms with Crippen LogP contribution in [0.2, 0.25) is 5.02 Å². The largest absolute Gasteiger partial charge is 0.465 e. The van der Waals surface area contributed by atoms with Gasteiger partial charge in [0.2, 0.25) is 11.8 Å². The molecule has 10 heteroatoms. The lowest BCUT2D eigenvalue weighted by Crippen LogP contribution is -2.45. The average molecular weight is 516 g/mol. The molecule has 3 aromatic rings. The van der Waals surface area contributed by atoms with Crippen molar-refractivity contribution in [2.45, 2.75) is 39.9 Å². The van der Waals surface area contributed by atoms with E-state index in [0.717, 1.165) is 0 Å². The summed E-state index contributed by atoms with van der Waals surface area (Å²) in [6, 6.07) is 8.98. The fraction of sp³-hybridized carbons (Fsp3) is 0.308. The number of halogens is 2. The summed E-state index contributed by atoms with van der Waals surface area (Å²) < 4.78 is 20.5. The first kappa shape index (κ1) is 26.9. The summed E-state index contributed by atoms with van der Waals surface area (Å²) >= 11 is 5.78. The minimum Gasteiger partial charge on any atom is -0.465 e. The summed E-state index contributed by atoms with van der Waals surface area (Å²) in [6.07, 6.45) is 1.56. The van der Waals surface area contributed by atoms with E-state index in [9.17, 15) is 23.6 Å². The van der Waals surface area contributed by atoms with Crippen molar-refractivity contribution in [1.82, 2.24) is 14.8 Å². The quantitative estimate of drug-likeness (QED) is 0.343. The van der Waals surface area contributed by atoms with Crippen molar-refractivity contribution in [1.29, 1.82) is 0 Å². The molecule has 0 aliphatic heterocycles. The van der Waals surface area contributed by atoms with Crippen LogP contribution in [0, 0.1) is 5.82 Å². The van der Waals surface area contributed by atoms with E-state index in [1.54, 1.807) is 48.9 Å². The Labute approximate surface area is 213 Å². The molecule has 0 bridgehead atoms. The van der Waals surface area contributed by atoms with Crippen LogP contribution in [0.25, 0.3) is 10.9 Å². The number of carbonyl (C=O) groups is 4. The molecule has 0 saturated heterocycles. The van der Waals surface area contributed by atoms with Crippen molar-refractivity contribution < 1.29 is 28.3 Å². The number of Topliss-reactive ketones (excluding diaryl/α,β-unsaturated/α-hetero) is 1. The van der Waals surface area contributed by atoms with Crippen molar-refractivity contribution >= 4 is 46.1 Å². The van der Waals surface area contributed by atoms with Crippen molar-refractivity contribution in [3.8, 4) is 0 Å². The molecule has 0 saturated carbocycles. The van der Waals surface area contributed by atoms with Gasteiger partial charge < -0.3 is 19.5 Å². The van der Waals surface area contributed by atoms with Gasteiger partial charge >= 0.3 is 5.97 Å². The third kappa shape index (κ3) is 5.91. The number of amides is 2. The minimum atomic E-state index is -0.604. The zero-order valence-electron chi connectivity index (χ0n) is 20.4. The normalized spacial score (nSPS) is 11.0. The summed E-state index contributed by atoms with van der Waals surface area (Å²) in [5.41, 5.74) is 1.47. The van der Waals surface area contributed by atoms with E-state index in [2.05, 4.69) is 5.32 Å². The zero-order chi connectivity index (χ0) is 26.6. The third-order valence-corrected chi connectivity index (χ3v) is 6.04. The lowest BCUT2D eigenvalue weighted by Gasteiger charge is -2.26. The Morgan fingerprint density at radius 2 is 1.89 bits per heavy atom. The van der Waals surface area contributed by atoms with E-state index in [4.69, 9.17) is 16.3 Å². The topological polar surface area (TPSA) is 97.7 Å². The molecule has 8 nitrogen and oxygen atoms in total. The minimum absolute atomic E-state index is 0.0386. The van der Waals surface area contributed by atoms with Gasteiger partial charge in [-0.05, 0) is 45.0 Å². The van der Waals surface area contributed by atoms with Gasteiger partial charge in [-0.15, -0.1) is 0 Å². The number of carbonyl (C=O) groups excluding carboxylic acids is 4. The molecule has 0 unspecified atom stereocenters. The van der Waals surface area contributed by atoms with Gasteiger partial charge in [0.15, 0.2) is 5.78 Å². The number of esters is 1. The van der Waals surface area contributed by atoms with E-state index < -0.39 is 17.7 Å². The molecule has 2 amide bonds. The van der Waals surface area contributed by atoms with Crippen LogP contribution in [0.4, 0.5) is 4.39 Å². The molecular formula is C26H27ClFN3O5. The smallest absolute Gasteiger partial charge is 0.337 e. The highest BCUT2D eigenvalue weighted by atomic mass is 35.5. The maximum Gasteiger partial charge on any atom is 0.337 e. The van der Waals surface area contributed by atoms with Crippen LogP contribution in [-0.4, -0.2) is 52.7 Å². The first-order chi connectivity index (χ1) is 17.0. The maximum atomic E-state index is 14.1. The third-order valence-electron chi connectivity index (χ3n) is 5.75. The van der Waals surface area contributed by atoms with Gasteiger partial charge in [-0.2, -0.15) is 0 Å². The Morgan fingerprint density at radius 1 is 1.17 bits per heavy atom. The Kier molecular flexibility index (Phi) is 8.47. The van der Waals surface area contributed by atoms with E-state index >= 15 is 0 Å². The molecule has 1 heterocycles. The lowest BCUT2D eigenvalue weighted by atomic mass is 10.1. The van der Waals surface area contributed by atoms with Crippen molar-refractivity contribution in [2.24, 2.45) is 0 Å². The van der Waals surface area contributed by atoms with Gasteiger partial charge in [-0.25, -0.2) is 9.18 Å². The second kappa shape index (κ2) is 11.3. The first-order valence-electron chi connectivity index (χ1n) is 11.2. The number of rotatable bonds is 9. The van der Waals surface area contributed by atoms with Crippen molar-refractivity contribution in [3.05, 3.63) is 70.1 Å². The molecule has 0 aliphatic rings. The maximum absolute atomic E-state index is 14.1. The molecular weight excluding hydrogens is 489 g/mol. The van der Waals surface area contributed by atoms with Gasteiger partial charge in [0.1, 0.15) is 12.4 Å². The number of aromatic nitrogens is 1. The molecule has 36 heavy (non-hydrogen) atoms. The Bertz CT molecular complexity index is 1330. The summed E-state index contributed by atoms with van der Waals surface area (Å²) in [4.78, 5) is 51.3. The molecule has 190 valence electrons. The van der Waals surface area contributed by atoms with E-state index in [0.29, 0.717) is 16.5 Å². The molecule has 3 rings (SSSR count). The number of methoxy groups -OCH3 is 1. The Balaban J connectivity index is 1.78. The lowest BCUT2D eigenvalue weighted by molar-refractivity contribution is -0.138. The van der Waals surface area contributed by atoms with Crippen molar-refractivity contribution in [2.75, 3.05) is 13.7 Å². The second-order valence-electron chi connectivity index (χ2n) is 8.56. The van der Waals surface area contributed by atoms with Gasteiger partial charge in [0.05, 0.1) is 24.2 Å². The number of nitrogens with one attached hydrogen (secondary N) is 1. The van der Waals surface area contributed by atoms with Gasteiger partial charge in [0, 0.05) is 40.8 Å². The van der Waals surface area contributed by atoms with E-state index in [-0.39, 0.29) is 53.5 Å². The zero-order valence-corrected chi connectivity index (χ0v) is 21.2.